The number of hydrogen-bond donors (Lipinski definition) is 1. The van der Waals surface area contributed by atoms with Crippen molar-refractivity contribution in [2.24, 2.45) is 0 Å². The second-order valence-corrected chi connectivity index (χ2v) is 6.20. The number of likely N-dealkylation sites (N-methyl/N-ethyl adjacent to an activating group) is 2. The molecule has 0 amide bonds. The average molecular weight is 313 g/mol. The van der Waals surface area contributed by atoms with E-state index >= 15 is 0 Å². The van der Waals surface area contributed by atoms with Gasteiger partial charge in [-0.05, 0) is 31.8 Å². The summed E-state index contributed by atoms with van der Waals surface area (Å²) >= 11 is 0. The second-order valence-electron chi connectivity index (χ2n) is 6.20. The summed E-state index contributed by atoms with van der Waals surface area (Å²) in [5.74, 6) is -1.66. The fourth-order valence-corrected chi connectivity index (χ4v) is 2.76. The van der Waals surface area contributed by atoms with Crippen molar-refractivity contribution in [1.82, 2.24) is 14.7 Å². The predicted molar refractivity (Wildman–Crippen MR) is 82.6 cm³/mol. The molecule has 0 spiro atoms. The SMILES string of the molecule is CN1CCN(CC(O)CN(C)Cc2ccc(F)c(F)c2)CC1. The van der Waals surface area contributed by atoms with E-state index < -0.39 is 17.7 Å². The first-order chi connectivity index (χ1) is 10.4. The van der Waals surface area contributed by atoms with E-state index in [0.29, 0.717) is 25.2 Å². The predicted octanol–water partition coefficient (Wildman–Crippen LogP) is 1.00. The molecule has 6 heteroatoms. The van der Waals surface area contributed by atoms with Crippen LogP contribution in [0.3, 0.4) is 0 Å². The van der Waals surface area contributed by atoms with Gasteiger partial charge in [0.15, 0.2) is 11.6 Å². The molecule has 0 aliphatic carbocycles. The molecule has 0 saturated carbocycles. The largest absolute Gasteiger partial charge is 0.390 e. The van der Waals surface area contributed by atoms with Crippen LogP contribution in [0.25, 0.3) is 0 Å². The molecule has 1 aliphatic rings. The van der Waals surface area contributed by atoms with Crippen LogP contribution < -0.4 is 0 Å². The monoisotopic (exact) mass is 313 g/mol. The van der Waals surface area contributed by atoms with E-state index in [1.165, 1.54) is 6.07 Å². The molecule has 22 heavy (non-hydrogen) atoms. The summed E-state index contributed by atoms with van der Waals surface area (Å²) in [4.78, 5) is 6.46. The number of rotatable bonds is 6. The maximum Gasteiger partial charge on any atom is 0.159 e. The van der Waals surface area contributed by atoms with Crippen LogP contribution in [0.1, 0.15) is 5.56 Å². The zero-order valence-electron chi connectivity index (χ0n) is 13.3. The summed E-state index contributed by atoms with van der Waals surface area (Å²) in [6, 6.07) is 3.92. The highest BCUT2D eigenvalue weighted by Gasteiger charge is 2.18. The van der Waals surface area contributed by atoms with Crippen LogP contribution in [0.4, 0.5) is 8.78 Å². The lowest BCUT2D eigenvalue weighted by molar-refractivity contribution is 0.0593. The van der Waals surface area contributed by atoms with Crippen LogP contribution in [-0.4, -0.2) is 79.3 Å². The van der Waals surface area contributed by atoms with E-state index in [4.69, 9.17) is 0 Å². The molecule has 1 unspecified atom stereocenters. The maximum atomic E-state index is 13.2. The highest BCUT2D eigenvalue weighted by atomic mass is 19.2. The number of nitrogens with zero attached hydrogens (tertiary/aromatic N) is 3. The standard InChI is InChI=1S/C16H25F2N3O/c1-19-5-7-21(8-6-19)12-14(22)11-20(2)10-13-3-4-15(17)16(18)9-13/h3-4,9,14,22H,5-8,10-12H2,1-2H3. The van der Waals surface area contributed by atoms with Crippen molar-refractivity contribution < 1.29 is 13.9 Å². The van der Waals surface area contributed by atoms with E-state index in [9.17, 15) is 13.9 Å². The van der Waals surface area contributed by atoms with Crippen LogP contribution >= 0.6 is 0 Å². The molecular formula is C16H25F2N3O. The molecule has 0 bridgehead atoms. The summed E-state index contributed by atoms with van der Waals surface area (Å²) in [5, 5.41) is 10.2. The second kappa shape index (κ2) is 7.97. The fraction of sp³-hybridized carbons (Fsp3) is 0.625. The van der Waals surface area contributed by atoms with E-state index in [1.807, 2.05) is 11.9 Å². The first kappa shape index (κ1) is 17.3. The lowest BCUT2D eigenvalue weighted by Crippen LogP contribution is -2.48. The summed E-state index contributed by atoms with van der Waals surface area (Å²) in [5.41, 5.74) is 0.702. The zero-order chi connectivity index (χ0) is 16.1. The normalized spacial score (nSPS) is 18.8. The molecule has 1 saturated heterocycles. The van der Waals surface area contributed by atoms with Crippen molar-refractivity contribution in [2.75, 3.05) is 53.4 Å². The van der Waals surface area contributed by atoms with Crippen molar-refractivity contribution in [3.63, 3.8) is 0 Å². The van der Waals surface area contributed by atoms with Gasteiger partial charge < -0.3 is 10.0 Å². The summed E-state index contributed by atoms with van der Waals surface area (Å²) < 4.78 is 26.1. The van der Waals surface area contributed by atoms with Gasteiger partial charge in [-0.15, -0.1) is 0 Å². The van der Waals surface area contributed by atoms with Crippen LogP contribution in [0.2, 0.25) is 0 Å². The van der Waals surface area contributed by atoms with Crippen molar-refractivity contribution >= 4 is 0 Å². The Morgan fingerprint density at radius 2 is 1.86 bits per heavy atom. The van der Waals surface area contributed by atoms with Crippen molar-refractivity contribution in [2.45, 2.75) is 12.6 Å². The minimum Gasteiger partial charge on any atom is -0.390 e. The number of aliphatic hydroxyl groups is 1. The first-order valence-corrected chi connectivity index (χ1v) is 7.65. The molecule has 4 nitrogen and oxygen atoms in total. The molecular weight excluding hydrogens is 288 g/mol. The molecule has 1 heterocycles. The number of benzene rings is 1. The van der Waals surface area contributed by atoms with Crippen LogP contribution in [0.15, 0.2) is 18.2 Å². The Morgan fingerprint density at radius 1 is 1.18 bits per heavy atom. The third-order valence-corrected chi connectivity index (χ3v) is 4.02. The zero-order valence-corrected chi connectivity index (χ0v) is 13.3. The van der Waals surface area contributed by atoms with E-state index in [0.717, 1.165) is 32.2 Å². The summed E-state index contributed by atoms with van der Waals surface area (Å²) in [6.07, 6.45) is -0.446. The molecule has 1 N–H and O–H groups in total. The van der Waals surface area contributed by atoms with Crippen molar-refractivity contribution in [1.29, 1.82) is 0 Å². The molecule has 1 aromatic rings. The van der Waals surface area contributed by atoms with Crippen LogP contribution in [0.5, 0.6) is 0 Å². The summed E-state index contributed by atoms with van der Waals surface area (Å²) in [7, 11) is 3.97. The number of piperazine rings is 1. The van der Waals surface area contributed by atoms with Crippen molar-refractivity contribution in [3.8, 4) is 0 Å². The number of halogens is 2. The minimum atomic E-state index is -0.832. The minimum absolute atomic E-state index is 0.446. The quantitative estimate of drug-likeness (QED) is 0.849. The van der Waals surface area contributed by atoms with Gasteiger partial charge in [-0.3, -0.25) is 9.80 Å². The van der Waals surface area contributed by atoms with Gasteiger partial charge in [-0.2, -0.15) is 0 Å². The van der Waals surface area contributed by atoms with Gasteiger partial charge in [-0.25, -0.2) is 8.78 Å². The van der Waals surface area contributed by atoms with E-state index in [2.05, 4.69) is 16.8 Å². The Bertz CT molecular complexity index is 478. The fourth-order valence-electron chi connectivity index (χ4n) is 2.76. The number of β-amino-alcohol motifs (C(OH)–C–C–N with tert-alkyl or cyclic N) is 1. The Kier molecular flexibility index (Phi) is 6.26. The van der Waals surface area contributed by atoms with Gasteiger partial charge in [0.05, 0.1) is 6.10 Å². The van der Waals surface area contributed by atoms with Crippen molar-refractivity contribution in [3.05, 3.63) is 35.4 Å². The van der Waals surface area contributed by atoms with Gasteiger partial charge in [0.25, 0.3) is 0 Å². The molecule has 1 atom stereocenters. The lowest BCUT2D eigenvalue weighted by Gasteiger charge is -2.34. The molecule has 1 fully saturated rings. The maximum absolute atomic E-state index is 13.2. The third kappa shape index (κ3) is 5.28. The third-order valence-electron chi connectivity index (χ3n) is 4.02. The Balaban J connectivity index is 1.76. The van der Waals surface area contributed by atoms with Gasteiger partial charge in [0.2, 0.25) is 0 Å². The van der Waals surface area contributed by atoms with Gasteiger partial charge >= 0.3 is 0 Å². The number of hydrogen-bond acceptors (Lipinski definition) is 4. The topological polar surface area (TPSA) is 30.0 Å². The van der Waals surface area contributed by atoms with Gasteiger partial charge in [0.1, 0.15) is 0 Å². The first-order valence-electron chi connectivity index (χ1n) is 7.65. The Morgan fingerprint density at radius 3 is 2.50 bits per heavy atom. The molecule has 0 radical (unpaired) electrons. The van der Waals surface area contributed by atoms with Gasteiger partial charge in [-0.1, -0.05) is 6.07 Å². The van der Waals surface area contributed by atoms with E-state index in [1.54, 1.807) is 6.07 Å². The number of aliphatic hydroxyl groups excluding tert-OH is 1. The molecule has 1 aromatic carbocycles. The average Bonchev–Trinajstić information content (AvgIpc) is 2.45. The van der Waals surface area contributed by atoms with Crippen LogP contribution in [-0.2, 0) is 6.54 Å². The highest BCUT2D eigenvalue weighted by molar-refractivity contribution is 5.17. The van der Waals surface area contributed by atoms with Crippen LogP contribution in [0, 0.1) is 11.6 Å². The molecule has 2 rings (SSSR count). The Labute approximate surface area is 130 Å². The molecule has 124 valence electrons. The van der Waals surface area contributed by atoms with Gasteiger partial charge in [0, 0.05) is 45.8 Å². The Hall–Kier alpha value is -1.08. The van der Waals surface area contributed by atoms with E-state index in [-0.39, 0.29) is 0 Å². The highest BCUT2D eigenvalue weighted by Crippen LogP contribution is 2.11. The molecule has 1 aliphatic heterocycles. The molecule has 0 aromatic heterocycles. The lowest BCUT2D eigenvalue weighted by atomic mass is 10.2. The smallest absolute Gasteiger partial charge is 0.159 e. The summed E-state index contributed by atoms with van der Waals surface area (Å²) in [6.45, 7) is 5.63.